The summed E-state index contributed by atoms with van der Waals surface area (Å²) in [6, 6.07) is 5.01. The van der Waals surface area contributed by atoms with Crippen molar-refractivity contribution in [1.82, 2.24) is 9.71 Å². The van der Waals surface area contributed by atoms with Crippen molar-refractivity contribution in [2.45, 2.75) is 32.2 Å². The number of hydrogen-bond acceptors (Lipinski definition) is 8. The molecule has 0 spiro atoms. The molecule has 0 atom stereocenters. The van der Waals surface area contributed by atoms with Gasteiger partial charge in [-0.2, -0.15) is 0 Å². The van der Waals surface area contributed by atoms with Crippen LogP contribution in [0.1, 0.15) is 41.7 Å². The molecule has 1 saturated heterocycles. The highest BCUT2D eigenvalue weighted by molar-refractivity contribution is 9.11. The molecular formula is C22H28BrN5O5S2. The summed E-state index contributed by atoms with van der Waals surface area (Å²) in [7, 11) is -3.37. The lowest BCUT2D eigenvalue weighted by Gasteiger charge is -2.29. The van der Waals surface area contributed by atoms with E-state index >= 15 is 0 Å². The van der Waals surface area contributed by atoms with Crippen molar-refractivity contribution >= 4 is 65.6 Å². The van der Waals surface area contributed by atoms with Gasteiger partial charge in [0, 0.05) is 30.3 Å². The van der Waals surface area contributed by atoms with Gasteiger partial charge in [-0.25, -0.2) is 22.9 Å². The van der Waals surface area contributed by atoms with E-state index < -0.39 is 16.1 Å². The standard InChI is InChI=1S/C22H28BrN5O5S2/c1-35(31,32)24-13-18-20(23)34-22(26-18)27-21(30)25-17-7-6-15(28-8-10-33-11-9-28)12-16(17)19(29)14-4-2-3-5-14/h6-7,12,14,24H,2-5,8-11,13H2,1H3,(H2,25,26,27,30). The van der Waals surface area contributed by atoms with Crippen LogP contribution in [0.5, 0.6) is 0 Å². The number of urea groups is 1. The van der Waals surface area contributed by atoms with E-state index in [2.05, 4.69) is 41.2 Å². The molecule has 190 valence electrons. The third-order valence-corrected chi connectivity index (χ3v) is 8.40. The number of ether oxygens (including phenoxy) is 1. The molecule has 2 amide bonds. The third-order valence-electron chi connectivity index (χ3n) is 5.99. The van der Waals surface area contributed by atoms with Crippen molar-refractivity contribution in [3.05, 3.63) is 33.2 Å². The maximum atomic E-state index is 13.4. The quantitative estimate of drug-likeness (QED) is 0.401. The molecule has 1 aromatic carbocycles. The number of aromatic nitrogens is 1. The molecule has 4 rings (SSSR count). The summed E-state index contributed by atoms with van der Waals surface area (Å²) < 4.78 is 31.1. The molecule has 1 aromatic heterocycles. The number of nitrogens with one attached hydrogen (secondary N) is 3. The average molecular weight is 587 g/mol. The van der Waals surface area contributed by atoms with Crippen LogP contribution in [0, 0.1) is 5.92 Å². The maximum Gasteiger partial charge on any atom is 0.325 e. The van der Waals surface area contributed by atoms with Crippen molar-refractivity contribution in [3.8, 4) is 0 Å². The van der Waals surface area contributed by atoms with Crippen LogP contribution in [-0.4, -0.2) is 57.8 Å². The zero-order chi connectivity index (χ0) is 25.0. The first kappa shape index (κ1) is 26.0. The smallest absolute Gasteiger partial charge is 0.325 e. The highest BCUT2D eigenvalue weighted by atomic mass is 79.9. The zero-order valence-corrected chi connectivity index (χ0v) is 22.5. The number of hydrogen-bond donors (Lipinski definition) is 3. The molecule has 35 heavy (non-hydrogen) atoms. The first-order valence-electron chi connectivity index (χ1n) is 11.4. The van der Waals surface area contributed by atoms with Crippen molar-refractivity contribution < 1.29 is 22.7 Å². The largest absolute Gasteiger partial charge is 0.378 e. The predicted molar refractivity (Wildman–Crippen MR) is 140 cm³/mol. The van der Waals surface area contributed by atoms with Crippen LogP contribution in [0.25, 0.3) is 0 Å². The van der Waals surface area contributed by atoms with Gasteiger partial charge in [-0.15, -0.1) is 0 Å². The molecule has 2 fully saturated rings. The van der Waals surface area contributed by atoms with Crippen LogP contribution in [0.4, 0.5) is 21.3 Å². The lowest BCUT2D eigenvalue weighted by molar-refractivity contribution is 0.0923. The Morgan fingerprint density at radius 3 is 2.60 bits per heavy atom. The summed E-state index contributed by atoms with van der Waals surface area (Å²) in [5.41, 5.74) is 2.36. The number of sulfonamides is 1. The third kappa shape index (κ3) is 7.00. The van der Waals surface area contributed by atoms with Crippen LogP contribution in [0.3, 0.4) is 0 Å². The molecule has 10 nitrogen and oxygen atoms in total. The lowest BCUT2D eigenvalue weighted by Crippen LogP contribution is -2.36. The van der Waals surface area contributed by atoms with E-state index in [1.54, 1.807) is 6.07 Å². The van der Waals surface area contributed by atoms with Crippen LogP contribution in [-0.2, 0) is 21.3 Å². The fraction of sp³-hybridized carbons (Fsp3) is 0.500. The Labute approximate surface area is 217 Å². The van der Waals surface area contributed by atoms with Crippen LogP contribution >= 0.6 is 27.3 Å². The van der Waals surface area contributed by atoms with E-state index in [1.807, 2.05) is 12.1 Å². The molecule has 0 bridgehead atoms. The monoisotopic (exact) mass is 585 g/mol. The number of rotatable bonds is 8. The van der Waals surface area contributed by atoms with Gasteiger partial charge in [-0.05, 0) is 47.0 Å². The number of thiazole rings is 1. The fourth-order valence-electron chi connectivity index (χ4n) is 4.22. The Morgan fingerprint density at radius 1 is 1.20 bits per heavy atom. The summed E-state index contributed by atoms with van der Waals surface area (Å²) in [6.07, 6.45) is 4.87. The van der Waals surface area contributed by atoms with Gasteiger partial charge >= 0.3 is 6.03 Å². The number of carbonyl (C=O) groups excluding carboxylic acids is 2. The maximum absolute atomic E-state index is 13.4. The molecule has 0 radical (unpaired) electrons. The number of amides is 2. The summed E-state index contributed by atoms with van der Waals surface area (Å²) in [5, 5.41) is 5.78. The zero-order valence-electron chi connectivity index (χ0n) is 19.3. The molecule has 1 saturated carbocycles. The number of carbonyl (C=O) groups is 2. The van der Waals surface area contributed by atoms with Gasteiger partial charge in [0.2, 0.25) is 10.0 Å². The molecule has 0 unspecified atom stereocenters. The first-order chi connectivity index (χ1) is 16.7. The van der Waals surface area contributed by atoms with E-state index in [0.717, 1.165) is 50.7 Å². The molecule has 2 heterocycles. The number of ketones is 1. The number of morpholine rings is 1. The SMILES string of the molecule is CS(=O)(=O)NCc1nc(NC(=O)Nc2ccc(N3CCOCC3)cc2C(=O)C2CCCC2)sc1Br. The minimum Gasteiger partial charge on any atom is -0.378 e. The summed E-state index contributed by atoms with van der Waals surface area (Å²) in [6.45, 7) is 2.78. The number of anilines is 3. The Bertz CT molecular complexity index is 1190. The van der Waals surface area contributed by atoms with Gasteiger partial charge in [-0.3, -0.25) is 10.1 Å². The molecule has 1 aliphatic heterocycles. The van der Waals surface area contributed by atoms with Crippen molar-refractivity contribution in [2.24, 2.45) is 5.92 Å². The Hall–Kier alpha value is -2.06. The Morgan fingerprint density at radius 2 is 1.91 bits per heavy atom. The van der Waals surface area contributed by atoms with E-state index in [4.69, 9.17) is 4.74 Å². The van der Waals surface area contributed by atoms with Gasteiger partial charge in [-0.1, -0.05) is 24.2 Å². The van der Waals surface area contributed by atoms with E-state index in [0.29, 0.717) is 39.1 Å². The molecule has 2 aliphatic rings. The number of nitrogens with zero attached hydrogens (tertiary/aromatic N) is 2. The average Bonchev–Trinajstić information content (AvgIpc) is 3.47. The molecule has 2 aromatic rings. The Balaban J connectivity index is 1.50. The van der Waals surface area contributed by atoms with Crippen molar-refractivity contribution in [2.75, 3.05) is 48.1 Å². The lowest BCUT2D eigenvalue weighted by atomic mass is 9.94. The van der Waals surface area contributed by atoms with E-state index in [-0.39, 0.29) is 18.2 Å². The second-order valence-electron chi connectivity index (χ2n) is 8.59. The summed E-state index contributed by atoms with van der Waals surface area (Å²) >= 11 is 4.52. The topological polar surface area (TPSA) is 130 Å². The van der Waals surface area contributed by atoms with Crippen molar-refractivity contribution in [3.63, 3.8) is 0 Å². The van der Waals surface area contributed by atoms with Crippen LogP contribution < -0.4 is 20.3 Å². The summed E-state index contributed by atoms with van der Waals surface area (Å²) in [4.78, 5) is 32.6. The van der Waals surface area contributed by atoms with Crippen LogP contribution in [0.2, 0.25) is 0 Å². The minimum atomic E-state index is -3.37. The fourth-order valence-corrected chi connectivity index (χ4v) is 6.01. The van der Waals surface area contributed by atoms with Gasteiger partial charge in [0.05, 0.1) is 41.2 Å². The van der Waals surface area contributed by atoms with E-state index in [1.165, 1.54) is 11.3 Å². The van der Waals surface area contributed by atoms with Gasteiger partial charge in [0.1, 0.15) is 0 Å². The number of benzene rings is 1. The van der Waals surface area contributed by atoms with Crippen molar-refractivity contribution in [1.29, 1.82) is 0 Å². The molecular weight excluding hydrogens is 558 g/mol. The minimum absolute atomic E-state index is 0.00224. The molecule has 13 heteroatoms. The van der Waals surface area contributed by atoms with Crippen LogP contribution in [0.15, 0.2) is 22.0 Å². The first-order valence-corrected chi connectivity index (χ1v) is 14.9. The summed E-state index contributed by atoms with van der Waals surface area (Å²) in [5.74, 6) is 0.0254. The predicted octanol–water partition coefficient (Wildman–Crippen LogP) is 3.81. The second kappa shape index (κ2) is 11.3. The number of halogens is 1. The highest BCUT2D eigenvalue weighted by Crippen LogP contribution is 2.33. The number of Topliss-reactive ketones (excluding diaryl/α,β-unsaturated/α-hetero) is 1. The van der Waals surface area contributed by atoms with Gasteiger partial charge in [0.15, 0.2) is 10.9 Å². The molecule has 1 aliphatic carbocycles. The van der Waals surface area contributed by atoms with E-state index in [9.17, 15) is 18.0 Å². The normalized spacial score (nSPS) is 16.9. The van der Waals surface area contributed by atoms with Gasteiger partial charge < -0.3 is 15.0 Å². The molecule has 3 N–H and O–H groups in total. The highest BCUT2D eigenvalue weighted by Gasteiger charge is 2.27. The van der Waals surface area contributed by atoms with Gasteiger partial charge in [0.25, 0.3) is 0 Å². The second-order valence-corrected chi connectivity index (χ2v) is 12.7. The Kier molecular flexibility index (Phi) is 8.42.